The Bertz CT molecular complexity index is 915. The number of H-pyrrole nitrogens is 2. The SMILES string of the molecule is O=c1[nH]c(=S)[nH]c([C@H]2CC[C@H](C3C=CC=CC3)CC2)c1Cc1nccs1. The van der Waals surface area contributed by atoms with Crippen molar-refractivity contribution in [3.63, 3.8) is 0 Å². The Morgan fingerprint density at radius 3 is 2.73 bits per heavy atom. The summed E-state index contributed by atoms with van der Waals surface area (Å²) in [7, 11) is 0. The second-order valence-corrected chi connectivity index (χ2v) is 8.61. The first-order chi connectivity index (χ1) is 12.7. The van der Waals surface area contributed by atoms with Crippen LogP contribution in [0.1, 0.15) is 54.3 Å². The van der Waals surface area contributed by atoms with Gasteiger partial charge in [-0.05, 0) is 62.1 Å². The summed E-state index contributed by atoms with van der Waals surface area (Å²) in [6, 6.07) is 0. The first-order valence-corrected chi connectivity index (χ1v) is 10.6. The Hall–Kier alpha value is -1.79. The maximum absolute atomic E-state index is 12.6. The quantitative estimate of drug-likeness (QED) is 0.737. The van der Waals surface area contributed by atoms with Crippen molar-refractivity contribution in [1.82, 2.24) is 15.0 Å². The highest BCUT2D eigenvalue weighted by atomic mass is 32.1. The number of thiazole rings is 1. The number of hydrogen-bond donors (Lipinski definition) is 2. The average Bonchev–Trinajstić information content (AvgIpc) is 3.18. The predicted molar refractivity (Wildman–Crippen MR) is 108 cm³/mol. The molecule has 6 heteroatoms. The molecule has 0 aromatic carbocycles. The normalized spacial score (nSPS) is 25.5. The molecule has 1 unspecified atom stereocenters. The topological polar surface area (TPSA) is 61.5 Å². The van der Waals surface area contributed by atoms with Crippen LogP contribution in [0.15, 0.2) is 40.7 Å². The first-order valence-electron chi connectivity index (χ1n) is 9.28. The van der Waals surface area contributed by atoms with Crippen LogP contribution in [0.3, 0.4) is 0 Å². The fraction of sp³-hybridized carbons (Fsp3) is 0.450. The molecule has 0 aliphatic heterocycles. The molecule has 0 bridgehead atoms. The molecule has 4 rings (SSSR count). The fourth-order valence-electron chi connectivity index (χ4n) is 4.33. The van der Waals surface area contributed by atoms with Crippen molar-refractivity contribution < 1.29 is 0 Å². The molecule has 0 saturated heterocycles. The molecule has 26 heavy (non-hydrogen) atoms. The third kappa shape index (κ3) is 3.81. The van der Waals surface area contributed by atoms with Crippen LogP contribution in [-0.2, 0) is 6.42 Å². The minimum absolute atomic E-state index is 0.0681. The largest absolute Gasteiger partial charge is 0.335 e. The van der Waals surface area contributed by atoms with Crippen molar-refractivity contribution in [2.45, 2.75) is 44.4 Å². The molecule has 2 N–H and O–H groups in total. The van der Waals surface area contributed by atoms with Crippen LogP contribution in [0.5, 0.6) is 0 Å². The Morgan fingerprint density at radius 1 is 1.19 bits per heavy atom. The van der Waals surface area contributed by atoms with Crippen molar-refractivity contribution in [2.24, 2.45) is 11.8 Å². The van der Waals surface area contributed by atoms with Crippen molar-refractivity contribution in [3.8, 4) is 0 Å². The van der Waals surface area contributed by atoms with Crippen molar-refractivity contribution in [1.29, 1.82) is 0 Å². The van der Waals surface area contributed by atoms with Crippen molar-refractivity contribution in [2.75, 3.05) is 0 Å². The Labute approximate surface area is 162 Å². The molecular formula is C20H23N3OS2. The van der Waals surface area contributed by atoms with E-state index in [4.69, 9.17) is 12.2 Å². The van der Waals surface area contributed by atoms with Gasteiger partial charge in [0.25, 0.3) is 5.56 Å². The lowest BCUT2D eigenvalue weighted by atomic mass is 9.72. The third-order valence-corrected chi connectivity index (χ3v) is 6.67. The summed E-state index contributed by atoms with van der Waals surface area (Å²) >= 11 is 6.84. The third-order valence-electron chi connectivity index (χ3n) is 5.69. The number of aromatic amines is 2. The van der Waals surface area contributed by atoms with Gasteiger partial charge in [0.1, 0.15) is 0 Å². The molecular weight excluding hydrogens is 362 g/mol. The zero-order valence-corrected chi connectivity index (χ0v) is 16.2. The molecule has 4 nitrogen and oxygen atoms in total. The van der Waals surface area contributed by atoms with Gasteiger partial charge in [-0.25, -0.2) is 4.98 Å². The van der Waals surface area contributed by atoms with E-state index in [1.54, 1.807) is 17.5 Å². The van der Waals surface area contributed by atoms with Crippen molar-refractivity contribution in [3.05, 3.63) is 67.3 Å². The van der Waals surface area contributed by atoms with Gasteiger partial charge >= 0.3 is 0 Å². The number of allylic oxidation sites excluding steroid dienone is 4. The van der Waals surface area contributed by atoms with Gasteiger partial charge < -0.3 is 4.98 Å². The van der Waals surface area contributed by atoms with E-state index < -0.39 is 0 Å². The van der Waals surface area contributed by atoms with E-state index in [0.717, 1.165) is 41.4 Å². The minimum Gasteiger partial charge on any atom is -0.335 e. The molecule has 2 aromatic rings. The van der Waals surface area contributed by atoms with Crippen LogP contribution in [-0.4, -0.2) is 15.0 Å². The zero-order chi connectivity index (χ0) is 17.9. The minimum atomic E-state index is -0.0681. The maximum Gasteiger partial charge on any atom is 0.255 e. The summed E-state index contributed by atoms with van der Waals surface area (Å²) in [6.07, 6.45) is 17.1. The standard InChI is InChI=1S/C20H23N3OS2/c24-19-16(12-17-21-10-11-26-17)18(22-20(25)23-19)15-8-6-14(7-9-15)13-4-2-1-3-5-13/h1-4,10-11,13-15H,5-9,12H2,(H2,22,23,24,25)/t13?,14-,15-. The van der Waals surface area contributed by atoms with E-state index >= 15 is 0 Å². The predicted octanol–water partition coefficient (Wildman–Crippen LogP) is 4.89. The van der Waals surface area contributed by atoms with Gasteiger partial charge in [-0.3, -0.25) is 9.78 Å². The lowest BCUT2D eigenvalue weighted by Crippen LogP contribution is -2.25. The van der Waals surface area contributed by atoms with Gasteiger partial charge in [0, 0.05) is 29.3 Å². The van der Waals surface area contributed by atoms with E-state index in [1.807, 2.05) is 5.38 Å². The van der Waals surface area contributed by atoms with Crippen LogP contribution in [0.2, 0.25) is 0 Å². The zero-order valence-electron chi connectivity index (χ0n) is 14.6. The monoisotopic (exact) mass is 385 g/mol. The summed E-state index contributed by atoms with van der Waals surface area (Å²) in [4.78, 5) is 23.0. The second kappa shape index (κ2) is 7.84. The van der Waals surface area contributed by atoms with Gasteiger partial charge in [-0.1, -0.05) is 24.3 Å². The lowest BCUT2D eigenvalue weighted by molar-refractivity contribution is 0.262. The Morgan fingerprint density at radius 2 is 2.04 bits per heavy atom. The first kappa shape index (κ1) is 17.6. The number of hydrogen-bond acceptors (Lipinski definition) is 4. The van der Waals surface area contributed by atoms with E-state index in [1.165, 1.54) is 12.8 Å². The van der Waals surface area contributed by atoms with Crippen LogP contribution >= 0.6 is 23.6 Å². The molecule has 136 valence electrons. The molecule has 0 radical (unpaired) electrons. The van der Waals surface area contributed by atoms with Gasteiger partial charge in [0.15, 0.2) is 4.77 Å². The molecule has 2 aromatic heterocycles. The van der Waals surface area contributed by atoms with Gasteiger partial charge in [0.2, 0.25) is 0 Å². The summed E-state index contributed by atoms with van der Waals surface area (Å²) < 4.78 is 0.426. The smallest absolute Gasteiger partial charge is 0.255 e. The van der Waals surface area contributed by atoms with Gasteiger partial charge in [-0.15, -0.1) is 11.3 Å². The fourth-order valence-corrected chi connectivity index (χ4v) is 5.16. The van der Waals surface area contributed by atoms with Gasteiger partial charge in [0.05, 0.1) is 5.01 Å². The summed E-state index contributed by atoms with van der Waals surface area (Å²) in [5.74, 6) is 1.81. The summed E-state index contributed by atoms with van der Waals surface area (Å²) in [5.41, 5.74) is 1.77. The highest BCUT2D eigenvalue weighted by molar-refractivity contribution is 7.71. The molecule has 1 atom stereocenters. The number of nitrogens with one attached hydrogen (secondary N) is 2. The molecule has 1 saturated carbocycles. The average molecular weight is 386 g/mol. The number of aromatic nitrogens is 3. The van der Waals surface area contributed by atoms with Gasteiger partial charge in [-0.2, -0.15) is 0 Å². The Balaban J connectivity index is 1.54. The second-order valence-electron chi connectivity index (χ2n) is 7.23. The van der Waals surface area contributed by atoms with Crippen LogP contribution < -0.4 is 5.56 Å². The van der Waals surface area contributed by atoms with E-state index in [-0.39, 0.29) is 5.56 Å². The Kier molecular flexibility index (Phi) is 5.31. The van der Waals surface area contributed by atoms with E-state index in [0.29, 0.717) is 23.0 Å². The number of rotatable bonds is 4. The van der Waals surface area contributed by atoms with Crippen LogP contribution in [0.4, 0.5) is 0 Å². The molecule has 0 spiro atoms. The van der Waals surface area contributed by atoms with Crippen LogP contribution in [0, 0.1) is 16.6 Å². The van der Waals surface area contributed by atoms with E-state index in [2.05, 4.69) is 39.3 Å². The molecule has 1 fully saturated rings. The van der Waals surface area contributed by atoms with E-state index in [9.17, 15) is 4.79 Å². The summed E-state index contributed by atoms with van der Waals surface area (Å²) in [5, 5.41) is 2.92. The lowest BCUT2D eigenvalue weighted by Gasteiger charge is -2.33. The summed E-state index contributed by atoms with van der Waals surface area (Å²) in [6.45, 7) is 0. The highest BCUT2D eigenvalue weighted by Gasteiger charge is 2.29. The van der Waals surface area contributed by atoms with Crippen molar-refractivity contribution >= 4 is 23.6 Å². The highest BCUT2D eigenvalue weighted by Crippen LogP contribution is 2.40. The number of nitrogens with zero attached hydrogens (tertiary/aromatic N) is 1. The molecule has 2 aliphatic carbocycles. The molecule has 2 heterocycles. The molecule has 0 amide bonds. The van der Waals surface area contributed by atoms with Crippen LogP contribution in [0.25, 0.3) is 0 Å². The maximum atomic E-state index is 12.6. The molecule has 2 aliphatic rings.